The van der Waals surface area contributed by atoms with Crippen LogP contribution < -0.4 is 4.74 Å². The highest BCUT2D eigenvalue weighted by Crippen LogP contribution is 2.42. The Morgan fingerprint density at radius 3 is 2.15 bits per heavy atom. The molecule has 378 valence electrons. The van der Waals surface area contributed by atoms with Crippen molar-refractivity contribution in [2.45, 2.75) is 212 Å². The summed E-state index contributed by atoms with van der Waals surface area (Å²) in [5.74, 6) is -2.26. The lowest BCUT2D eigenvalue weighted by Gasteiger charge is -2.49. The monoisotopic (exact) mass is 950 g/mol. The minimum absolute atomic E-state index is 0.00140. The highest BCUT2D eigenvalue weighted by atomic mass is 28.4. The van der Waals surface area contributed by atoms with Crippen molar-refractivity contribution >= 4 is 20.3 Å². The number of nitrogens with zero attached hydrogens (tertiary/aromatic N) is 1. The number of carbonyl (C=O) groups is 2. The predicted molar refractivity (Wildman–Crippen MR) is 255 cm³/mol. The zero-order valence-electron chi connectivity index (χ0n) is 42.8. The molecule has 14 nitrogen and oxygen atoms in total. The van der Waals surface area contributed by atoms with Crippen LogP contribution in [0.5, 0.6) is 5.75 Å². The van der Waals surface area contributed by atoms with Gasteiger partial charge in [0.15, 0.2) is 20.4 Å². The number of ether oxygens (including phenoxy) is 9. The van der Waals surface area contributed by atoms with Crippen molar-refractivity contribution in [3.05, 3.63) is 29.8 Å². The molecule has 66 heavy (non-hydrogen) atoms. The second kappa shape index (κ2) is 24.6. The lowest BCUT2D eigenvalue weighted by Crippen LogP contribution is -2.56. The molecule has 15 atom stereocenters. The summed E-state index contributed by atoms with van der Waals surface area (Å²) in [6.07, 6.45) is 0.649. The summed E-state index contributed by atoms with van der Waals surface area (Å²) < 4.78 is 62.9. The molecule has 1 aromatic carbocycles. The van der Waals surface area contributed by atoms with Crippen molar-refractivity contribution in [2.24, 2.45) is 29.6 Å². The molecule has 0 bridgehead atoms. The van der Waals surface area contributed by atoms with E-state index in [1.807, 2.05) is 65.8 Å². The van der Waals surface area contributed by atoms with Crippen LogP contribution in [0.3, 0.4) is 0 Å². The Morgan fingerprint density at radius 2 is 1.56 bits per heavy atom. The molecule has 4 aliphatic rings. The molecule has 4 saturated heterocycles. The third-order valence-electron chi connectivity index (χ3n) is 15.5. The summed E-state index contributed by atoms with van der Waals surface area (Å²) in [4.78, 5) is 29.5. The molecule has 4 fully saturated rings. The number of benzene rings is 1. The maximum absolute atomic E-state index is 14.9. The summed E-state index contributed by atoms with van der Waals surface area (Å²) in [6, 6.07) is 10.1. The van der Waals surface area contributed by atoms with Gasteiger partial charge >= 0.3 is 6.09 Å². The van der Waals surface area contributed by atoms with Crippen LogP contribution in [-0.2, 0) is 47.1 Å². The molecular weight excluding hydrogens is 863 g/mol. The SMILES string of the molecule is CC[Si](CC)(CC)O[C@@H]([C@@H](C)[C@H]1C[C@@H]([C@H](C)[C@H](C[C@@H]2CCO[C@H](c3ccc(OC)cc3)O2)OC)OC(C)(C)O1)[C@@H](C)[C@@H](O)[C@H](CC[C@H]1C[C@H](OC)C[C@H](C)O1)C(=O)N1C(=O)OC[C@@H]1C(C)C. The molecular formula is C51H87NO13Si. The van der Waals surface area contributed by atoms with Gasteiger partial charge in [0.05, 0.1) is 80.6 Å². The quantitative estimate of drug-likeness (QED) is 0.104. The van der Waals surface area contributed by atoms with Crippen LogP contribution in [0.15, 0.2) is 24.3 Å². The zero-order chi connectivity index (χ0) is 48.5. The number of carbonyl (C=O) groups excluding carboxylic acids is 2. The van der Waals surface area contributed by atoms with E-state index in [-0.39, 0.29) is 67.1 Å². The van der Waals surface area contributed by atoms with Crippen molar-refractivity contribution < 1.29 is 61.8 Å². The molecule has 5 rings (SSSR count). The van der Waals surface area contributed by atoms with E-state index in [2.05, 4.69) is 34.6 Å². The Morgan fingerprint density at radius 1 is 0.909 bits per heavy atom. The number of hydrogen-bond acceptors (Lipinski definition) is 13. The topological polar surface area (TPSA) is 150 Å². The maximum atomic E-state index is 14.9. The van der Waals surface area contributed by atoms with Crippen LogP contribution in [0.4, 0.5) is 4.79 Å². The Kier molecular flexibility index (Phi) is 20.4. The van der Waals surface area contributed by atoms with E-state index in [1.165, 1.54) is 4.90 Å². The van der Waals surface area contributed by atoms with Gasteiger partial charge < -0.3 is 52.2 Å². The number of rotatable bonds is 23. The van der Waals surface area contributed by atoms with Gasteiger partial charge in [0.1, 0.15) is 12.4 Å². The number of methoxy groups -OCH3 is 3. The fourth-order valence-corrected chi connectivity index (χ4v) is 14.0. The second-order valence-corrected chi connectivity index (χ2v) is 25.3. The van der Waals surface area contributed by atoms with Gasteiger partial charge in [-0.1, -0.05) is 67.5 Å². The molecule has 0 spiro atoms. The molecule has 2 amide bonds. The van der Waals surface area contributed by atoms with Gasteiger partial charge in [0.2, 0.25) is 5.91 Å². The normalized spacial score (nSPS) is 30.5. The van der Waals surface area contributed by atoms with Gasteiger partial charge in [-0.15, -0.1) is 0 Å². The summed E-state index contributed by atoms with van der Waals surface area (Å²) in [5, 5.41) is 12.8. The third kappa shape index (κ3) is 13.6. The molecule has 0 aromatic heterocycles. The van der Waals surface area contributed by atoms with Crippen LogP contribution in [0, 0.1) is 29.6 Å². The molecule has 15 heteroatoms. The highest BCUT2D eigenvalue weighted by Gasteiger charge is 2.50. The number of aliphatic hydroxyl groups is 1. The third-order valence-corrected chi connectivity index (χ3v) is 20.2. The first-order valence-electron chi connectivity index (χ1n) is 25.2. The predicted octanol–water partition coefficient (Wildman–Crippen LogP) is 9.46. The molecule has 1 aromatic rings. The molecule has 4 heterocycles. The van der Waals surface area contributed by atoms with E-state index in [1.54, 1.807) is 21.3 Å². The van der Waals surface area contributed by atoms with Crippen LogP contribution in [0.2, 0.25) is 18.1 Å². The van der Waals surface area contributed by atoms with Crippen molar-refractivity contribution in [3.63, 3.8) is 0 Å². The first-order chi connectivity index (χ1) is 31.3. The van der Waals surface area contributed by atoms with Gasteiger partial charge in [-0.05, 0) is 89.1 Å². The Balaban J connectivity index is 1.40. The first kappa shape index (κ1) is 54.8. The summed E-state index contributed by atoms with van der Waals surface area (Å²) in [5.41, 5.74) is 0.938. The lowest BCUT2D eigenvalue weighted by molar-refractivity contribution is -0.323. The largest absolute Gasteiger partial charge is 0.497 e. The van der Waals surface area contributed by atoms with Crippen molar-refractivity contribution in [1.82, 2.24) is 4.90 Å². The maximum Gasteiger partial charge on any atom is 0.416 e. The Labute approximate surface area is 397 Å². The lowest BCUT2D eigenvalue weighted by atomic mass is 9.77. The molecule has 4 aliphatic heterocycles. The van der Waals surface area contributed by atoms with Crippen LogP contribution in [-0.4, -0.2) is 132 Å². The van der Waals surface area contributed by atoms with Gasteiger partial charge in [-0.3, -0.25) is 4.79 Å². The standard InChI is InChI=1S/C51H87NO13Si/c1-15-66(16-2,17-3)65-47(35(9)46(53)41(23-22-38-27-40(57-13)26-32(6)61-38)48(54)52-42(31(4)5)30-60-50(52)55)34(8)45-29-44(63-51(10,11)64-45)33(7)43(58-14)28-39-24-25-59-49(62-39)36-18-20-37(56-12)21-19-36/h18-21,31-35,38-47,49,53H,15-17,22-30H2,1-14H3/t32-,33+,34-,35-,38-,39-,40+,41-,42+,43-,44-,45+,46+,47-,49-/m0/s1. The average Bonchev–Trinajstić information content (AvgIpc) is 3.71. The van der Waals surface area contributed by atoms with Crippen molar-refractivity contribution in [1.29, 1.82) is 0 Å². The minimum Gasteiger partial charge on any atom is -0.497 e. The smallest absolute Gasteiger partial charge is 0.416 e. The van der Waals surface area contributed by atoms with Gasteiger partial charge in [-0.25, -0.2) is 9.69 Å². The zero-order valence-corrected chi connectivity index (χ0v) is 43.8. The number of cyclic esters (lactones) is 1. The number of imide groups is 1. The van der Waals surface area contributed by atoms with E-state index in [9.17, 15) is 14.7 Å². The molecule has 0 aliphatic carbocycles. The first-order valence-corrected chi connectivity index (χ1v) is 27.7. The van der Waals surface area contributed by atoms with Gasteiger partial charge in [0.25, 0.3) is 0 Å². The fraction of sp³-hybridized carbons (Fsp3) is 0.843. The molecule has 0 radical (unpaired) electrons. The number of aliphatic hydroxyl groups excluding tert-OH is 1. The van der Waals surface area contributed by atoms with E-state index in [0.717, 1.165) is 42.3 Å². The Hall–Kier alpha value is -2.18. The molecule has 0 unspecified atom stereocenters. The van der Waals surface area contributed by atoms with E-state index in [0.29, 0.717) is 38.7 Å². The van der Waals surface area contributed by atoms with Crippen LogP contribution in [0.1, 0.15) is 133 Å². The average molecular weight is 950 g/mol. The summed E-state index contributed by atoms with van der Waals surface area (Å²) in [6.45, 7) is 23.6. The van der Waals surface area contributed by atoms with E-state index in [4.69, 9.17) is 47.1 Å². The van der Waals surface area contributed by atoms with Crippen LogP contribution >= 0.6 is 0 Å². The molecule has 0 saturated carbocycles. The fourth-order valence-electron chi connectivity index (χ4n) is 10.9. The van der Waals surface area contributed by atoms with Crippen molar-refractivity contribution in [3.8, 4) is 5.75 Å². The van der Waals surface area contributed by atoms with Crippen molar-refractivity contribution in [2.75, 3.05) is 34.5 Å². The number of amides is 2. The van der Waals surface area contributed by atoms with E-state index >= 15 is 0 Å². The van der Waals surface area contributed by atoms with Crippen LogP contribution in [0.25, 0.3) is 0 Å². The summed E-state index contributed by atoms with van der Waals surface area (Å²) >= 11 is 0. The minimum atomic E-state index is -2.31. The van der Waals surface area contributed by atoms with Gasteiger partial charge in [0, 0.05) is 50.4 Å². The molecule has 1 N–H and O–H groups in total. The highest BCUT2D eigenvalue weighted by molar-refractivity contribution is 6.73. The number of hydrogen-bond donors (Lipinski definition) is 1. The van der Waals surface area contributed by atoms with E-state index < -0.39 is 62.5 Å². The van der Waals surface area contributed by atoms with Gasteiger partial charge in [-0.2, -0.15) is 0 Å². The second-order valence-electron chi connectivity index (χ2n) is 20.6. The summed E-state index contributed by atoms with van der Waals surface area (Å²) in [7, 11) is 2.81. The Bertz CT molecular complexity index is 1640.